The number of hydrogen-bond donors (Lipinski definition) is 1. The zero-order valence-corrected chi connectivity index (χ0v) is 18.1. The topological polar surface area (TPSA) is 12.0 Å². The summed E-state index contributed by atoms with van der Waals surface area (Å²) in [5, 5.41) is 3.45. The predicted octanol–water partition coefficient (Wildman–Crippen LogP) is 7.39. The molecule has 0 radical (unpaired) electrons. The molecule has 1 N–H and O–H groups in total. The Morgan fingerprint density at radius 1 is 1.07 bits per heavy atom. The minimum atomic E-state index is 0.490. The molecule has 150 valence electrons. The summed E-state index contributed by atoms with van der Waals surface area (Å²) in [5.41, 5.74) is 4.11. The Bertz CT molecular complexity index is 582. The van der Waals surface area contributed by atoms with E-state index in [9.17, 15) is 0 Å². The van der Waals surface area contributed by atoms with Gasteiger partial charge in [0.25, 0.3) is 0 Å². The van der Waals surface area contributed by atoms with Gasteiger partial charge < -0.3 is 5.32 Å². The van der Waals surface area contributed by atoms with Crippen LogP contribution < -0.4 is 5.32 Å². The summed E-state index contributed by atoms with van der Waals surface area (Å²) in [6, 6.07) is 9.51. The second-order valence-electron chi connectivity index (χ2n) is 7.66. The first-order valence-corrected chi connectivity index (χ1v) is 10.9. The fourth-order valence-corrected chi connectivity index (χ4v) is 3.32. The number of hydrogen-bond acceptors (Lipinski definition) is 1. The molecule has 1 aliphatic heterocycles. The quantitative estimate of drug-likeness (QED) is 0.354. The molecule has 0 saturated carbocycles. The molecule has 1 nitrogen and oxygen atoms in total. The van der Waals surface area contributed by atoms with Crippen LogP contribution in [0.3, 0.4) is 0 Å². The molecule has 2 unspecified atom stereocenters. The molecule has 0 bridgehead atoms. The first kappa shape index (κ1) is 23.3. The van der Waals surface area contributed by atoms with Gasteiger partial charge in [-0.3, -0.25) is 0 Å². The summed E-state index contributed by atoms with van der Waals surface area (Å²) in [4.78, 5) is 0. The summed E-state index contributed by atoms with van der Waals surface area (Å²) >= 11 is 0. The number of nitrogens with one attached hydrogen (secondary N) is 1. The molecule has 1 heteroatoms. The maximum Gasteiger partial charge on any atom is 0.0447 e. The Hall–Kier alpha value is -1.76. The molecule has 0 aromatic heterocycles. The van der Waals surface area contributed by atoms with E-state index in [1.165, 1.54) is 55.3 Å². The van der Waals surface area contributed by atoms with Crippen LogP contribution in [0.4, 0.5) is 0 Å². The fraction of sp³-hybridized carbons (Fsp3) is 0.538. The zero-order chi connectivity index (χ0) is 19.9. The minimum Gasteiger partial charge on any atom is -0.382 e. The van der Waals surface area contributed by atoms with Crippen molar-refractivity contribution in [2.24, 2.45) is 5.92 Å². The first-order valence-electron chi connectivity index (χ1n) is 10.9. The number of aryl methyl sites for hydroxylation is 2. The van der Waals surface area contributed by atoms with Crippen molar-refractivity contribution in [1.29, 1.82) is 0 Å². The zero-order valence-electron chi connectivity index (χ0n) is 18.1. The number of benzene rings is 1. The van der Waals surface area contributed by atoms with Gasteiger partial charge in [-0.2, -0.15) is 0 Å². The van der Waals surface area contributed by atoms with E-state index in [2.05, 4.69) is 88.2 Å². The standard InChI is InChI=1S/C19H27N.C7H14/c1-4-8-17-10-7-11-18(14-17)9-5-6-12-19-13-15(2)16(3)20-19;1-3-5-7-6-4-2/h6-7,10-12,14-15,19-20H,3-5,8-9,13H2,1-2H3;3,5H,4,6-7H2,1-2H3/b12-6+;5-3-. The Morgan fingerprint density at radius 3 is 2.41 bits per heavy atom. The number of allylic oxidation sites excluding steroid dienone is 4. The first-order chi connectivity index (χ1) is 13.1. The van der Waals surface area contributed by atoms with Gasteiger partial charge in [-0.15, -0.1) is 0 Å². The smallest absolute Gasteiger partial charge is 0.0447 e. The highest BCUT2D eigenvalue weighted by Crippen LogP contribution is 2.22. The van der Waals surface area contributed by atoms with Gasteiger partial charge in [0.15, 0.2) is 0 Å². The van der Waals surface area contributed by atoms with E-state index in [0.29, 0.717) is 12.0 Å². The van der Waals surface area contributed by atoms with Crippen LogP contribution in [-0.4, -0.2) is 6.04 Å². The average molecular weight is 368 g/mol. The molecule has 2 rings (SSSR count). The van der Waals surface area contributed by atoms with Crippen molar-refractivity contribution in [2.45, 2.75) is 85.1 Å². The van der Waals surface area contributed by atoms with Gasteiger partial charge in [0.1, 0.15) is 0 Å². The molecule has 2 atom stereocenters. The molecule has 1 aromatic rings. The lowest BCUT2D eigenvalue weighted by molar-refractivity contribution is 0.667. The fourth-order valence-electron chi connectivity index (χ4n) is 3.32. The van der Waals surface area contributed by atoms with Gasteiger partial charge in [0.05, 0.1) is 0 Å². The third-order valence-corrected chi connectivity index (χ3v) is 5.03. The van der Waals surface area contributed by atoms with Crippen molar-refractivity contribution in [2.75, 3.05) is 0 Å². The van der Waals surface area contributed by atoms with Gasteiger partial charge in [-0.05, 0) is 56.1 Å². The van der Waals surface area contributed by atoms with Crippen LogP contribution >= 0.6 is 0 Å². The Balaban J connectivity index is 0.000000445. The minimum absolute atomic E-state index is 0.490. The third-order valence-electron chi connectivity index (χ3n) is 5.03. The Kier molecular flexibility index (Phi) is 12.3. The van der Waals surface area contributed by atoms with Crippen LogP contribution in [0.15, 0.2) is 60.8 Å². The summed E-state index contributed by atoms with van der Waals surface area (Å²) in [6.07, 6.45) is 18.7. The summed E-state index contributed by atoms with van der Waals surface area (Å²) < 4.78 is 0. The van der Waals surface area contributed by atoms with E-state index >= 15 is 0 Å². The van der Waals surface area contributed by atoms with Gasteiger partial charge in [-0.1, -0.05) is 95.2 Å². The SMILES string of the molecule is C/C=C\CCCC.C=C1NC(/C=C/CCc2cccc(CCC)c2)CC1C. The molecule has 1 heterocycles. The van der Waals surface area contributed by atoms with Crippen LogP contribution in [-0.2, 0) is 12.8 Å². The molecule has 0 aliphatic carbocycles. The molecule has 0 amide bonds. The van der Waals surface area contributed by atoms with E-state index in [1.54, 1.807) is 0 Å². The van der Waals surface area contributed by atoms with E-state index < -0.39 is 0 Å². The lowest BCUT2D eigenvalue weighted by Crippen LogP contribution is -2.16. The normalized spacial score (nSPS) is 19.3. The van der Waals surface area contributed by atoms with E-state index in [-0.39, 0.29) is 0 Å². The second-order valence-corrected chi connectivity index (χ2v) is 7.66. The largest absolute Gasteiger partial charge is 0.382 e. The van der Waals surface area contributed by atoms with Crippen LogP contribution in [0.2, 0.25) is 0 Å². The van der Waals surface area contributed by atoms with E-state index in [1.807, 2.05) is 0 Å². The third kappa shape index (κ3) is 10.2. The predicted molar refractivity (Wildman–Crippen MR) is 122 cm³/mol. The monoisotopic (exact) mass is 367 g/mol. The van der Waals surface area contributed by atoms with Crippen LogP contribution in [0.25, 0.3) is 0 Å². The molecule has 1 aliphatic rings. The average Bonchev–Trinajstić information content (AvgIpc) is 2.98. The van der Waals surface area contributed by atoms with Crippen molar-refractivity contribution >= 4 is 0 Å². The molecular weight excluding hydrogens is 326 g/mol. The van der Waals surface area contributed by atoms with E-state index in [4.69, 9.17) is 0 Å². The van der Waals surface area contributed by atoms with Crippen LogP contribution in [0, 0.1) is 5.92 Å². The van der Waals surface area contributed by atoms with Crippen LogP contribution in [0.1, 0.15) is 77.3 Å². The van der Waals surface area contributed by atoms with Crippen LogP contribution in [0.5, 0.6) is 0 Å². The molecule has 27 heavy (non-hydrogen) atoms. The lowest BCUT2D eigenvalue weighted by atomic mass is 10.0. The highest BCUT2D eigenvalue weighted by atomic mass is 15.0. The van der Waals surface area contributed by atoms with Crippen molar-refractivity contribution < 1.29 is 0 Å². The van der Waals surface area contributed by atoms with Crippen molar-refractivity contribution in [3.63, 3.8) is 0 Å². The highest BCUT2D eigenvalue weighted by Gasteiger charge is 2.20. The van der Waals surface area contributed by atoms with Crippen molar-refractivity contribution in [1.82, 2.24) is 5.32 Å². The summed E-state index contributed by atoms with van der Waals surface area (Å²) in [6.45, 7) is 12.8. The molecule has 1 saturated heterocycles. The Labute approximate surface area is 168 Å². The highest BCUT2D eigenvalue weighted by molar-refractivity contribution is 5.24. The molecule has 0 spiro atoms. The van der Waals surface area contributed by atoms with Crippen molar-refractivity contribution in [3.05, 3.63) is 72.0 Å². The lowest BCUT2D eigenvalue weighted by Gasteiger charge is -2.05. The molecular formula is C26H41N. The summed E-state index contributed by atoms with van der Waals surface area (Å²) in [7, 11) is 0. The van der Waals surface area contributed by atoms with Gasteiger partial charge in [0.2, 0.25) is 0 Å². The summed E-state index contributed by atoms with van der Waals surface area (Å²) in [5.74, 6) is 0.607. The molecule has 1 fully saturated rings. The van der Waals surface area contributed by atoms with E-state index in [0.717, 1.165) is 12.8 Å². The van der Waals surface area contributed by atoms with Gasteiger partial charge in [0, 0.05) is 11.7 Å². The van der Waals surface area contributed by atoms with Crippen molar-refractivity contribution in [3.8, 4) is 0 Å². The maximum absolute atomic E-state index is 4.04. The van der Waals surface area contributed by atoms with Gasteiger partial charge >= 0.3 is 0 Å². The number of rotatable bonds is 9. The molecule has 1 aromatic carbocycles. The maximum atomic E-state index is 4.04. The number of unbranched alkanes of at least 4 members (excludes halogenated alkanes) is 2. The van der Waals surface area contributed by atoms with Gasteiger partial charge in [-0.25, -0.2) is 0 Å². The Morgan fingerprint density at radius 2 is 1.81 bits per heavy atom. The second kappa shape index (κ2) is 14.3.